The predicted molar refractivity (Wildman–Crippen MR) is 54.9 cm³/mol. The molecule has 0 saturated heterocycles. The summed E-state index contributed by atoms with van der Waals surface area (Å²) in [5.41, 5.74) is 0. The predicted octanol–water partition coefficient (Wildman–Crippen LogP) is 3.39. The molecule has 0 aliphatic heterocycles. The van der Waals surface area contributed by atoms with E-state index in [4.69, 9.17) is 0 Å². The molecule has 0 aliphatic carbocycles. The van der Waals surface area contributed by atoms with Gasteiger partial charge in [-0.25, -0.2) is 0 Å². The van der Waals surface area contributed by atoms with Crippen LogP contribution in [-0.2, 0) is 0 Å². The molecule has 0 heterocycles. The van der Waals surface area contributed by atoms with Crippen LogP contribution in [0.15, 0.2) is 12.2 Å². The number of unbranched alkanes of at least 4 members (excludes halogenated alkanes) is 1. The zero-order valence-electron chi connectivity index (χ0n) is 6.96. The third kappa shape index (κ3) is 5.24. The second-order valence-corrected chi connectivity index (χ2v) is 4.31. The van der Waals surface area contributed by atoms with Gasteiger partial charge in [0.25, 0.3) is 0 Å². The van der Waals surface area contributed by atoms with Crippen molar-refractivity contribution in [1.82, 2.24) is 0 Å². The van der Waals surface area contributed by atoms with Gasteiger partial charge in [0, 0.05) is 0 Å². The van der Waals surface area contributed by atoms with Crippen LogP contribution in [0, 0.1) is 0 Å². The van der Waals surface area contributed by atoms with Gasteiger partial charge in [-0.15, -0.1) is 23.5 Å². The largest absolute Gasteiger partial charge is 0.147 e. The zero-order valence-corrected chi connectivity index (χ0v) is 8.60. The second-order valence-electron chi connectivity index (χ2n) is 2.06. The van der Waals surface area contributed by atoms with E-state index in [9.17, 15) is 0 Å². The molecule has 0 nitrogen and oxygen atoms in total. The average molecular weight is 176 g/mol. The summed E-state index contributed by atoms with van der Waals surface area (Å²) in [5, 5.41) is 0. The highest BCUT2D eigenvalue weighted by Gasteiger charge is 1.95. The Morgan fingerprint density at radius 2 is 1.90 bits per heavy atom. The Morgan fingerprint density at radius 1 is 1.30 bits per heavy atom. The summed E-state index contributed by atoms with van der Waals surface area (Å²) in [4.78, 5) is 0. The Labute approximate surface area is 72.9 Å². The number of hydrogen-bond acceptors (Lipinski definition) is 2. The van der Waals surface area contributed by atoms with E-state index in [1.54, 1.807) is 0 Å². The molecule has 0 rings (SSSR count). The number of rotatable bonds is 5. The maximum atomic E-state index is 2.29. The van der Waals surface area contributed by atoms with Crippen molar-refractivity contribution >= 4 is 23.5 Å². The van der Waals surface area contributed by atoms with Crippen molar-refractivity contribution in [1.29, 1.82) is 0 Å². The molecule has 0 aromatic carbocycles. The fourth-order valence-electron chi connectivity index (χ4n) is 0.627. The number of hydrogen-bond donors (Lipinski definition) is 0. The smallest absolute Gasteiger partial charge is 0.0676 e. The summed E-state index contributed by atoms with van der Waals surface area (Å²) >= 11 is 3.79. The number of thioether (sulfide) groups is 2. The standard InChI is InChI=1S/C8H16S2/c1-4-5-6-7-8(9-2)10-3/h6-8H,4-5H2,1-3H3/b7-6+. The van der Waals surface area contributed by atoms with Gasteiger partial charge in [-0.1, -0.05) is 25.5 Å². The average Bonchev–Trinajstić information content (AvgIpc) is 1.99. The molecule has 0 saturated carbocycles. The van der Waals surface area contributed by atoms with E-state index in [0.717, 1.165) is 0 Å². The first-order valence-electron chi connectivity index (χ1n) is 3.57. The van der Waals surface area contributed by atoms with Crippen molar-refractivity contribution in [3.8, 4) is 0 Å². The van der Waals surface area contributed by atoms with E-state index in [1.807, 2.05) is 23.5 Å². The molecule has 0 unspecified atom stereocenters. The van der Waals surface area contributed by atoms with Crippen LogP contribution in [0.1, 0.15) is 19.8 Å². The summed E-state index contributed by atoms with van der Waals surface area (Å²) in [6, 6.07) is 0. The normalized spacial score (nSPS) is 11.6. The highest BCUT2D eigenvalue weighted by molar-refractivity contribution is 8.16. The Balaban J connectivity index is 3.40. The van der Waals surface area contributed by atoms with Gasteiger partial charge in [0.1, 0.15) is 0 Å². The van der Waals surface area contributed by atoms with Crippen molar-refractivity contribution in [2.45, 2.75) is 24.3 Å². The molecule has 0 N–H and O–H groups in total. The van der Waals surface area contributed by atoms with Gasteiger partial charge in [0.2, 0.25) is 0 Å². The van der Waals surface area contributed by atoms with Gasteiger partial charge >= 0.3 is 0 Å². The molecule has 10 heavy (non-hydrogen) atoms. The quantitative estimate of drug-likeness (QED) is 0.465. The maximum Gasteiger partial charge on any atom is 0.0676 e. The maximum absolute atomic E-state index is 2.29. The Morgan fingerprint density at radius 3 is 2.30 bits per heavy atom. The Hall–Kier alpha value is 0.440. The minimum absolute atomic E-state index is 0.659. The monoisotopic (exact) mass is 176 g/mol. The lowest BCUT2D eigenvalue weighted by molar-refractivity contribution is 0.957. The first kappa shape index (κ1) is 10.4. The molecule has 2 heteroatoms. The molecular weight excluding hydrogens is 160 g/mol. The summed E-state index contributed by atoms with van der Waals surface area (Å²) in [6.07, 6.45) is 11.3. The summed E-state index contributed by atoms with van der Waals surface area (Å²) in [6.45, 7) is 2.21. The van der Waals surface area contributed by atoms with E-state index >= 15 is 0 Å². The van der Waals surface area contributed by atoms with Gasteiger partial charge in [-0.2, -0.15) is 0 Å². The molecule has 0 aromatic heterocycles. The van der Waals surface area contributed by atoms with Gasteiger partial charge in [-0.3, -0.25) is 0 Å². The van der Waals surface area contributed by atoms with Gasteiger partial charge in [0.05, 0.1) is 4.58 Å². The third-order valence-corrected chi connectivity index (χ3v) is 3.61. The first-order valence-corrected chi connectivity index (χ1v) is 6.15. The molecular formula is C8H16S2. The summed E-state index contributed by atoms with van der Waals surface area (Å²) < 4.78 is 0.659. The molecule has 0 fully saturated rings. The summed E-state index contributed by atoms with van der Waals surface area (Å²) in [5.74, 6) is 0. The van der Waals surface area contributed by atoms with Crippen LogP contribution in [0.3, 0.4) is 0 Å². The van der Waals surface area contributed by atoms with Crippen molar-refractivity contribution in [3.63, 3.8) is 0 Å². The molecule has 0 aliphatic rings. The van der Waals surface area contributed by atoms with Crippen LogP contribution in [-0.4, -0.2) is 17.1 Å². The minimum atomic E-state index is 0.659. The van der Waals surface area contributed by atoms with Crippen molar-refractivity contribution in [2.75, 3.05) is 12.5 Å². The van der Waals surface area contributed by atoms with Crippen LogP contribution in [0.5, 0.6) is 0 Å². The van der Waals surface area contributed by atoms with Crippen LogP contribution >= 0.6 is 23.5 Å². The lowest BCUT2D eigenvalue weighted by Gasteiger charge is -2.03. The second kappa shape index (κ2) is 7.55. The highest BCUT2D eigenvalue weighted by atomic mass is 32.2. The van der Waals surface area contributed by atoms with E-state index < -0.39 is 0 Å². The molecule has 0 radical (unpaired) electrons. The molecule has 0 amide bonds. The van der Waals surface area contributed by atoms with E-state index in [0.29, 0.717) is 4.58 Å². The molecule has 0 atom stereocenters. The molecule has 0 bridgehead atoms. The summed E-state index contributed by atoms with van der Waals surface area (Å²) in [7, 11) is 0. The van der Waals surface area contributed by atoms with Gasteiger partial charge < -0.3 is 0 Å². The van der Waals surface area contributed by atoms with Crippen LogP contribution in [0.4, 0.5) is 0 Å². The van der Waals surface area contributed by atoms with E-state index in [1.165, 1.54) is 12.8 Å². The fraction of sp³-hybridized carbons (Fsp3) is 0.750. The number of allylic oxidation sites excluding steroid dienone is 1. The van der Waals surface area contributed by atoms with Gasteiger partial charge in [0.15, 0.2) is 0 Å². The zero-order chi connectivity index (χ0) is 7.82. The lowest BCUT2D eigenvalue weighted by Crippen LogP contribution is -1.86. The lowest BCUT2D eigenvalue weighted by atomic mass is 10.3. The third-order valence-electron chi connectivity index (χ3n) is 1.21. The Kier molecular flexibility index (Phi) is 7.88. The molecule has 60 valence electrons. The highest BCUT2D eigenvalue weighted by Crippen LogP contribution is 2.19. The van der Waals surface area contributed by atoms with Crippen molar-refractivity contribution < 1.29 is 0 Å². The first-order chi connectivity index (χ1) is 4.85. The van der Waals surface area contributed by atoms with Crippen LogP contribution in [0.25, 0.3) is 0 Å². The van der Waals surface area contributed by atoms with Crippen LogP contribution in [0.2, 0.25) is 0 Å². The SMILES string of the molecule is CCC/C=C/C(SC)SC. The topological polar surface area (TPSA) is 0 Å². The van der Waals surface area contributed by atoms with E-state index in [2.05, 4.69) is 31.6 Å². The fourth-order valence-corrected chi connectivity index (χ4v) is 1.93. The van der Waals surface area contributed by atoms with Crippen molar-refractivity contribution in [3.05, 3.63) is 12.2 Å². The van der Waals surface area contributed by atoms with Crippen molar-refractivity contribution in [2.24, 2.45) is 0 Å². The molecule has 0 spiro atoms. The van der Waals surface area contributed by atoms with Gasteiger partial charge in [-0.05, 0) is 18.9 Å². The molecule has 0 aromatic rings. The van der Waals surface area contributed by atoms with Crippen LogP contribution < -0.4 is 0 Å². The minimum Gasteiger partial charge on any atom is -0.147 e. The van der Waals surface area contributed by atoms with E-state index in [-0.39, 0.29) is 0 Å². The Bertz CT molecular complexity index is 85.3.